The minimum absolute atomic E-state index is 0.472. The summed E-state index contributed by atoms with van der Waals surface area (Å²) in [5, 5.41) is 12.8. The normalized spacial score (nSPS) is 15.2. The second kappa shape index (κ2) is 7.41. The standard InChI is InChI=1S/C20H24N4O2/c1-3-24(16-11-7-8-12-16)13-17-21-22-20(25-17)18-14(2)26-23-19(18)15-9-5-4-6-10-15/h4-6,9-10,16H,3,7-8,11-13H2,1-2H3. The summed E-state index contributed by atoms with van der Waals surface area (Å²) in [5.74, 6) is 1.80. The molecule has 1 saturated carbocycles. The molecule has 6 heteroatoms. The van der Waals surface area contributed by atoms with Crippen LogP contribution in [0.25, 0.3) is 22.7 Å². The topological polar surface area (TPSA) is 68.2 Å². The lowest BCUT2D eigenvalue weighted by Gasteiger charge is -2.25. The van der Waals surface area contributed by atoms with E-state index in [1.54, 1.807) is 0 Å². The lowest BCUT2D eigenvalue weighted by atomic mass is 10.1. The molecule has 3 aromatic rings. The van der Waals surface area contributed by atoms with Gasteiger partial charge >= 0.3 is 0 Å². The first kappa shape index (κ1) is 17.0. The van der Waals surface area contributed by atoms with Crippen LogP contribution in [0.5, 0.6) is 0 Å². The Hall–Kier alpha value is -2.47. The molecule has 1 aliphatic carbocycles. The van der Waals surface area contributed by atoms with Crippen LogP contribution >= 0.6 is 0 Å². The molecule has 0 atom stereocenters. The Morgan fingerprint density at radius 1 is 1.12 bits per heavy atom. The summed E-state index contributed by atoms with van der Waals surface area (Å²) in [6, 6.07) is 10.6. The number of nitrogens with zero attached hydrogens (tertiary/aromatic N) is 4. The van der Waals surface area contributed by atoms with Crippen LogP contribution < -0.4 is 0 Å². The highest BCUT2D eigenvalue weighted by Gasteiger charge is 2.25. The molecule has 0 aliphatic heterocycles. The van der Waals surface area contributed by atoms with Gasteiger partial charge in [0, 0.05) is 11.6 Å². The van der Waals surface area contributed by atoms with Crippen LogP contribution in [0.4, 0.5) is 0 Å². The fourth-order valence-corrected chi connectivity index (χ4v) is 3.78. The van der Waals surface area contributed by atoms with Crippen LogP contribution in [0.15, 0.2) is 39.3 Å². The third-order valence-electron chi connectivity index (χ3n) is 5.18. The van der Waals surface area contributed by atoms with Crippen molar-refractivity contribution in [1.82, 2.24) is 20.3 Å². The van der Waals surface area contributed by atoms with Gasteiger partial charge in [-0.15, -0.1) is 10.2 Å². The molecule has 0 unspecified atom stereocenters. The highest BCUT2D eigenvalue weighted by Crippen LogP contribution is 2.33. The maximum Gasteiger partial charge on any atom is 0.253 e. The minimum Gasteiger partial charge on any atom is -0.419 e. The minimum atomic E-state index is 0.472. The van der Waals surface area contributed by atoms with Crippen molar-refractivity contribution in [2.24, 2.45) is 0 Å². The molecule has 0 N–H and O–H groups in total. The molecule has 1 fully saturated rings. The molecule has 1 aliphatic rings. The van der Waals surface area contributed by atoms with E-state index in [9.17, 15) is 0 Å². The van der Waals surface area contributed by atoms with E-state index in [4.69, 9.17) is 8.94 Å². The summed E-state index contributed by atoms with van der Waals surface area (Å²) in [7, 11) is 0. The van der Waals surface area contributed by atoms with Crippen LogP contribution in [0, 0.1) is 6.92 Å². The predicted molar refractivity (Wildman–Crippen MR) is 98.3 cm³/mol. The highest BCUT2D eigenvalue weighted by molar-refractivity contribution is 5.77. The molecular formula is C20H24N4O2. The monoisotopic (exact) mass is 352 g/mol. The molecule has 6 nitrogen and oxygen atoms in total. The van der Waals surface area contributed by atoms with E-state index < -0.39 is 0 Å². The van der Waals surface area contributed by atoms with Crippen molar-refractivity contribution in [3.8, 4) is 22.7 Å². The maximum absolute atomic E-state index is 6.00. The SMILES string of the molecule is CCN(Cc1nnc(-c2c(-c3ccccc3)noc2C)o1)C1CCCC1. The predicted octanol–water partition coefficient (Wildman–Crippen LogP) is 4.46. The van der Waals surface area contributed by atoms with Crippen molar-refractivity contribution < 1.29 is 8.94 Å². The summed E-state index contributed by atoms with van der Waals surface area (Å²) in [6.07, 6.45) is 5.16. The van der Waals surface area contributed by atoms with Crippen LogP contribution in [-0.4, -0.2) is 32.8 Å². The fraction of sp³-hybridized carbons (Fsp3) is 0.450. The second-order valence-electron chi connectivity index (χ2n) is 6.83. The summed E-state index contributed by atoms with van der Waals surface area (Å²) < 4.78 is 11.4. The van der Waals surface area contributed by atoms with E-state index in [1.807, 2.05) is 37.3 Å². The Morgan fingerprint density at radius 3 is 2.62 bits per heavy atom. The summed E-state index contributed by atoms with van der Waals surface area (Å²) in [6.45, 7) is 5.74. The lowest BCUT2D eigenvalue weighted by Crippen LogP contribution is -2.32. The highest BCUT2D eigenvalue weighted by atomic mass is 16.5. The Labute approximate surface area is 153 Å². The molecule has 4 rings (SSSR count). The van der Waals surface area contributed by atoms with Crippen LogP contribution in [0.2, 0.25) is 0 Å². The van der Waals surface area contributed by atoms with Gasteiger partial charge < -0.3 is 8.94 Å². The van der Waals surface area contributed by atoms with E-state index in [0.717, 1.165) is 23.4 Å². The second-order valence-corrected chi connectivity index (χ2v) is 6.83. The van der Waals surface area contributed by atoms with Gasteiger partial charge in [-0.1, -0.05) is 55.3 Å². The van der Waals surface area contributed by atoms with E-state index in [2.05, 4.69) is 27.2 Å². The largest absolute Gasteiger partial charge is 0.419 e. The molecular weight excluding hydrogens is 328 g/mol. The molecule has 0 spiro atoms. The van der Waals surface area contributed by atoms with Crippen molar-refractivity contribution in [3.05, 3.63) is 42.0 Å². The zero-order chi connectivity index (χ0) is 17.9. The van der Waals surface area contributed by atoms with Gasteiger partial charge in [0.05, 0.1) is 6.54 Å². The van der Waals surface area contributed by atoms with Crippen molar-refractivity contribution in [2.75, 3.05) is 6.54 Å². The number of rotatable bonds is 6. The van der Waals surface area contributed by atoms with Crippen molar-refractivity contribution in [2.45, 2.75) is 52.1 Å². The molecule has 1 aromatic carbocycles. The number of benzene rings is 1. The Balaban J connectivity index is 1.60. The van der Waals surface area contributed by atoms with Gasteiger partial charge in [0.25, 0.3) is 5.89 Å². The van der Waals surface area contributed by atoms with E-state index in [-0.39, 0.29) is 0 Å². The van der Waals surface area contributed by atoms with Gasteiger partial charge in [0.1, 0.15) is 17.0 Å². The average molecular weight is 352 g/mol. The fourth-order valence-electron chi connectivity index (χ4n) is 3.78. The third kappa shape index (κ3) is 3.29. The van der Waals surface area contributed by atoms with Crippen molar-refractivity contribution in [3.63, 3.8) is 0 Å². The smallest absolute Gasteiger partial charge is 0.253 e. The van der Waals surface area contributed by atoms with Crippen LogP contribution in [0.3, 0.4) is 0 Å². The molecule has 0 amide bonds. The van der Waals surface area contributed by atoms with Gasteiger partial charge in [-0.25, -0.2) is 0 Å². The number of aromatic nitrogens is 3. The summed E-state index contributed by atoms with van der Waals surface area (Å²) >= 11 is 0. The molecule has 2 aromatic heterocycles. The zero-order valence-electron chi connectivity index (χ0n) is 15.3. The van der Waals surface area contributed by atoms with Crippen LogP contribution in [0.1, 0.15) is 44.3 Å². The first-order valence-corrected chi connectivity index (χ1v) is 9.34. The Kier molecular flexibility index (Phi) is 4.84. The molecule has 136 valence electrons. The lowest BCUT2D eigenvalue weighted by molar-refractivity contribution is 0.182. The van der Waals surface area contributed by atoms with Crippen LogP contribution in [-0.2, 0) is 6.54 Å². The first-order valence-electron chi connectivity index (χ1n) is 9.34. The molecule has 0 bridgehead atoms. The van der Waals surface area contributed by atoms with E-state index in [0.29, 0.717) is 30.1 Å². The molecule has 26 heavy (non-hydrogen) atoms. The van der Waals surface area contributed by atoms with Gasteiger partial charge in [0.2, 0.25) is 5.89 Å². The number of aryl methyl sites for hydroxylation is 1. The molecule has 0 saturated heterocycles. The Bertz CT molecular complexity index is 850. The van der Waals surface area contributed by atoms with Gasteiger partial charge in [-0.3, -0.25) is 4.90 Å². The maximum atomic E-state index is 6.00. The van der Waals surface area contributed by atoms with Crippen molar-refractivity contribution >= 4 is 0 Å². The average Bonchev–Trinajstić information content (AvgIpc) is 3.41. The molecule has 0 radical (unpaired) electrons. The zero-order valence-corrected chi connectivity index (χ0v) is 15.3. The van der Waals surface area contributed by atoms with E-state index in [1.165, 1.54) is 25.7 Å². The molecule has 2 heterocycles. The van der Waals surface area contributed by atoms with Crippen molar-refractivity contribution in [1.29, 1.82) is 0 Å². The third-order valence-corrected chi connectivity index (χ3v) is 5.18. The number of hydrogen-bond acceptors (Lipinski definition) is 6. The quantitative estimate of drug-likeness (QED) is 0.652. The summed E-state index contributed by atoms with van der Waals surface area (Å²) in [5.41, 5.74) is 2.49. The number of hydrogen-bond donors (Lipinski definition) is 0. The van der Waals surface area contributed by atoms with Gasteiger partial charge in [0.15, 0.2) is 0 Å². The van der Waals surface area contributed by atoms with Gasteiger partial charge in [-0.05, 0) is 26.3 Å². The van der Waals surface area contributed by atoms with E-state index >= 15 is 0 Å². The first-order chi connectivity index (χ1) is 12.8. The summed E-state index contributed by atoms with van der Waals surface area (Å²) in [4.78, 5) is 2.43. The van der Waals surface area contributed by atoms with Gasteiger partial charge in [-0.2, -0.15) is 0 Å². The Morgan fingerprint density at radius 2 is 1.88 bits per heavy atom.